The quantitative estimate of drug-likeness (QED) is 0.793. The largest absolute Gasteiger partial charge is 0.446 e. The van der Waals surface area contributed by atoms with Gasteiger partial charge in [-0.3, -0.25) is 0 Å². The van der Waals surface area contributed by atoms with Gasteiger partial charge in [0.2, 0.25) is 0 Å². The average Bonchev–Trinajstić information content (AvgIpc) is 2.15. The molecule has 2 N–H and O–H groups in total. The van der Waals surface area contributed by atoms with Gasteiger partial charge < -0.3 is 10.6 Å². The second kappa shape index (κ2) is 4.61. The third-order valence-electron chi connectivity index (χ3n) is 1.60. The van der Waals surface area contributed by atoms with Crippen LogP contribution in [0.3, 0.4) is 0 Å². The van der Waals surface area contributed by atoms with Gasteiger partial charge >= 0.3 is 5.51 Å². The fourth-order valence-corrected chi connectivity index (χ4v) is 1.57. The highest BCUT2D eigenvalue weighted by Gasteiger charge is 2.29. The summed E-state index contributed by atoms with van der Waals surface area (Å²) in [6.45, 7) is 0. The molecule has 1 aromatic rings. The Hall–Kier alpha value is -1.11. The number of rotatable bonds is 3. The number of alkyl halides is 3. The molecule has 1 aromatic heterocycles. The number of hydrogen-bond donors (Lipinski definition) is 2. The summed E-state index contributed by atoms with van der Waals surface area (Å²) in [5.41, 5.74) is -3.75. The number of anilines is 2. The van der Waals surface area contributed by atoms with Crippen molar-refractivity contribution in [3.05, 3.63) is 12.3 Å². The summed E-state index contributed by atoms with van der Waals surface area (Å²) in [6.07, 6.45) is 1.19. The molecular formula is C8H10F3N3S. The van der Waals surface area contributed by atoms with Crippen molar-refractivity contribution in [1.82, 2.24) is 4.98 Å². The standard InChI is InChI=1S/C8H10F3N3S/c1-12-6-3-5(15-8(9,10)11)4-14-7(6)13-2/h3-4,12H,1-2H3,(H,13,14). The van der Waals surface area contributed by atoms with E-state index < -0.39 is 5.51 Å². The average molecular weight is 237 g/mol. The normalized spacial score (nSPS) is 11.3. The maximum Gasteiger partial charge on any atom is 0.446 e. The highest BCUT2D eigenvalue weighted by Crippen LogP contribution is 2.38. The lowest BCUT2D eigenvalue weighted by atomic mass is 10.4. The zero-order valence-corrected chi connectivity index (χ0v) is 8.96. The van der Waals surface area contributed by atoms with Crippen molar-refractivity contribution in [2.45, 2.75) is 10.4 Å². The molecule has 0 fully saturated rings. The zero-order chi connectivity index (χ0) is 11.5. The Bertz CT molecular complexity index is 340. The third-order valence-corrected chi connectivity index (χ3v) is 2.29. The van der Waals surface area contributed by atoms with E-state index in [4.69, 9.17) is 0 Å². The van der Waals surface area contributed by atoms with E-state index in [0.717, 1.165) is 0 Å². The molecule has 0 amide bonds. The van der Waals surface area contributed by atoms with E-state index in [9.17, 15) is 13.2 Å². The summed E-state index contributed by atoms with van der Waals surface area (Å²) in [6, 6.07) is 1.40. The van der Waals surface area contributed by atoms with E-state index in [1.54, 1.807) is 14.1 Å². The molecule has 0 aliphatic heterocycles. The van der Waals surface area contributed by atoms with E-state index in [2.05, 4.69) is 15.6 Å². The van der Waals surface area contributed by atoms with Gasteiger partial charge in [-0.1, -0.05) is 0 Å². The Labute approximate surface area is 89.5 Å². The first-order chi connectivity index (χ1) is 6.96. The minimum Gasteiger partial charge on any atom is -0.385 e. The molecular weight excluding hydrogens is 227 g/mol. The Morgan fingerprint density at radius 1 is 1.27 bits per heavy atom. The lowest BCUT2D eigenvalue weighted by Crippen LogP contribution is -2.02. The molecule has 84 valence electrons. The first-order valence-corrected chi connectivity index (χ1v) is 4.89. The molecule has 0 aromatic carbocycles. The number of nitrogens with zero attached hydrogens (tertiary/aromatic N) is 1. The molecule has 7 heteroatoms. The summed E-state index contributed by atoms with van der Waals surface area (Å²) in [4.78, 5) is 3.92. The number of aromatic nitrogens is 1. The Morgan fingerprint density at radius 3 is 2.40 bits per heavy atom. The predicted octanol–water partition coefficient (Wildman–Crippen LogP) is 2.78. The summed E-state index contributed by atoms with van der Waals surface area (Å²) < 4.78 is 36.2. The molecule has 0 aliphatic carbocycles. The van der Waals surface area contributed by atoms with Crippen molar-refractivity contribution in [2.24, 2.45) is 0 Å². The van der Waals surface area contributed by atoms with Gasteiger partial charge in [-0.05, 0) is 17.8 Å². The van der Waals surface area contributed by atoms with Crippen LogP contribution in [-0.4, -0.2) is 24.6 Å². The SMILES string of the molecule is CNc1cc(SC(F)(F)F)cnc1NC. The molecule has 0 spiro atoms. The lowest BCUT2D eigenvalue weighted by Gasteiger charge is -2.10. The molecule has 0 radical (unpaired) electrons. The maximum atomic E-state index is 12.1. The van der Waals surface area contributed by atoms with Gasteiger partial charge in [0.25, 0.3) is 0 Å². The second-order valence-electron chi connectivity index (χ2n) is 2.61. The predicted molar refractivity (Wildman–Crippen MR) is 55.2 cm³/mol. The number of thioether (sulfide) groups is 1. The first-order valence-electron chi connectivity index (χ1n) is 4.07. The Morgan fingerprint density at radius 2 is 1.93 bits per heavy atom. The van der Waals surface area contributed by atoms with Crippen molar-refractivity contribution < 1.29 is 13.2 Å². The van der Waals surface area contributed by atoms with Crippen LogP contribution >= 0.6 is 11.8 Å². The van der Waals surface area contributed by atoms with Gasteiger partial charge in [-0.15, -0.1) is 0 Å². The second-order valence-corrected chi connectivity index (χ2v) is 3.75. The van der Waals surface area contributed by atoms with Crippen LogP contribution in [0.1, 0.15) is 0 Å². The van der Waals surface area contributed by atoms with Crippen LogP contribution in [0.5, 0.6) is 0 Å². The van der Waals surface area contributed by atoms with Gasteiger partial charge in [0.1, 0.15) is 5.82 Å². The molecule has 0 aliphatic rings. The van der Waals surface area contributed by atoms with Crippen LogP contribution in [0.15, 0.2) is 17.2 Å². The van der Waals surface area contributed by atoms with Crippen LogP contribution < -0.4 is 10.6 Å². The minimum atomic E-state index is -4.28. The van der Waals surface area contributed by atoms with E-state index in [1.807, 2.05) is 0 Å². The smallest absolute Gasteiger partial charge is 0.385 e. The number of hydrogen-bond acceptors (Lipinski definition) is 4. The molecule has 0 atom stereocenters. The number of pyridine rings is 1. The van der Waals surface area contributed by atoms with Crippen LogP contribution in [-0.2, 0) is 0 Å². The van der Waals surface area contributed by atoms with Crippen LogP contribution in [0, 0.1) is 0 Å². The number of nitrogens with one attached hydrogen (secondary N) is 2. The van der Waals surface area contributed by atoms with Crippen LogP contribution in [0.4, 0.5) is 24.7 Å². The van der Waals surface area contributed by atoms with E-state index in [-0.39, 0.29) is 16.7 Å². The highest BCUT2D eigenvalue weighted by molar-refractivity contribution is 8.00. The molecule has 0 saturated heterocycles. The van der Waals surface area contributed by atoms with E-state index in [0.29, 0.717) is 11.5 Å². The van der Waals surface area contributed by atoms with Crippen molar-refractivity contribution in [3.8, 4) is 0 Å². The monoisotopic (exact) mass is 237 g/mol. The van der Waals surface area contributed by atoms with Gasteiger partial charge in [-0.2, -0.15) is 13.2 Å². The highest BCUT2D eigenvalue weighted by atomic mass is 32.2. The Balaban J connectivity index is 2.93. The van der Waals surface area contributed by atoms with E-state index >= 15 is 0 Å². The Kier molecular flexibility index (Phi) is 3.67. The van der Waals surface area contributed by atoms with Crippen molar-refractivity contribution in [1.29, 1.82) is 0 Å². The van der Waals surface area contributed by atoms with Gasteiger partial charge in [-0.25, -0.2) is 4.98 Å². The summed E-state index contributed by atoms with van der Waals surface area (Å²) in [5, 5.41) is 5.54. The summed E-state index contributed by atoms with van der Waals surface area (Å²) in [5.74, 6) is 0.518. The summed E-state index contributed by atoms with van der Waals surface area (Å²) >= 11 is -0.181. The minimum absolute atomic E-state index is 0.0610. The zero-order valence-electron chi connectivity index (χ0n) is 8.14. The third kappa shape index (κ3) is 3.50. The van der Waals surface area contributed by atoms with Crippen molar-refractivity contribution in [2.75, 3.05) is 24.7 Å². The fourth-order valence-electron chi connectivity index (χ4n) is 1.02. The molecule has 0 unspecified atom stereocenters. The summed E-state index contributed by atoms with van der Waals surface area (Å²) in [7, 11) is 3.28. The van der Waals surface area contributed by atoms with Gasteiger partial charge in [0, 0.05) is 25.2 Å². The van der Waals surface area contributed by atoms with Gasteiger partial charge in [0.15, 0.2) is 0 Å². The maximum absolute atomic E-state index is 12.1. The molecule has 1 rings (SSSR count). The van der Waals surface area contributed by atoms with Crippen molar-refractivity contribution in [3.63, 3.8) is 0 Å². The first kappa shape index (κ1) is 12.0. The molecule has 15 heavy (non-hydrogen) atoms. The molecule has 3 nitrogen and oxygen atoms in total. The molecule has 1 heterocycles. The molecule has 0 saturated carbocycles. The van der Waals surface area contributed by atoms with Crippen molar-refractivity contribution >= 4 is 23.3 Å². The molecule has 0 bridgehead atoms. The van der Waals surface area contributed by atoms with E-state index in [1.165, 1.54) is 12.3 Å². The van der Waals surface area contributed by atoms with Crippen LogP contribution in [0.2, 0.25) is 0 Å². The fraction of sp³-hybridized carbons (Fsp3) is 0.375. The number of halogens is 3. The lowest BCUT2D eigenvalue weighted by molar-refractivity contribution is -0.0328. The topological polar surface area (TPSA) is 37.0 Å². The van der Waals surface area contributed by atoms with Crippen LogP contribution in [0.25, 0.3) is 0 Å². The van der Waals surface area contributed by atoms with Gasteiger partial charge in [0.05, 0.1) is 5.69 Å².